The second-order valence-electron chi connectivity index (χ2n) is 9.45. The van der Waals surface area contributed by atoms with Gasteiger partial charge < -0.3 is 20.5 Å². The van der Waals surface area contributed by atoms with E-state index < -0.39 is 17.5 Å². The van der Waals surface area contributed by atoms with Crippen molar-refractivity contribution >= 4 is 23.7 Å². The van der Waals surface area contributed by atoms with Crippen molar-refractivity contribution in [3.05, 3.63) is 89.5 Å². The average molecular weight is 473 g/mol. The Morgan fingerprint density at radius 2 is 1.46 bits per heavy atom. The van der Waals surface area contributed by atoms with E-state index in [1.165, 1.54) is 23.3 Å². The lowest BCUT2D eigenvalue weighted by Gasteiger charge is -2.24. The van der Waals surface area contributed by atoms with E-state index >= 15 is 0 Å². The summed E-state index contributed by atoms with van der Waals surface area (Å²) >= 11 is 0. The number of amides is 2. The van der Waals surface area contributed by atoms with E-state index in [2.05, 4.69) is 34.9 Å². The molecule has 3 N–H and O–H groups in total. The third-order valence-corrected chi connectivity index (χ3v) is 6.11. The van der Waals surface area contributed by atoms with Gasteiger partial charge in [-0.3, -0.25) is 4.79 Å². The number of hydrogen-bond acceptors (Lipinski definition) is 4. The number of hydrogen-bond donors (Lipinski definition) is 3. The molecule has 2 amide bonds. The Bertz CT molecular complexity index is 1200. The van der Waals surface area contributed by atoms with Crippen LogP contribution in [-0.2, 0) is 9.53 Å². The lowest BCUT2D eigenvalue weighted by atomic mass is 9.89. The molecule has 0 radical (unpaired) electrons. The average Bonchev–Trinajstić information content (AvgIpc) is 3.15. The van der Waals surface area contributed by atoms with Crippen LogP contribution in [0.15, 0.2) is 72.8 Å². The van der Waals surface area contributed by atoms with Crippen molar-refractivity contribution in [3.8, 4) is 11.1 Å². The van der Waals surface area contributed by atoms with Crippen LogP contribution in [0.2, 0.25) is 0 Å². The Balaban J connectivity index is 1.27. The lowest BCUT2D eigenvalue weighted by molar-refractivity contribution is -0.118. The molecular formula is C28H28N2O5. The molecule has 1 aliphatic carbocycles. The van der Waals surface area contributed by atoms with E-state index in [0.29, 0.717) is 5.69 Å². The highest BCUT2D eigenvalue weighted by atomic mass is 16.5. The van der Waals surface area contributed by atoms with Crippen molar-refractivity contribution in [2.45, 2.75) is 26.2 Å². The predicted molar refractivity (Wildman–Crippen MR) is 134 cm³/mol. The predicted octanol–water partition coefficient (Wildman–Crippen LogP) is 5.28. The summed E-state index contributed by atoms with van der Waals surface area (Å²) in [5.41, 5.74) is 4.78. The molecule has 1 aliphatic rings. The largest absolute Gasteiger partial charge is 0.478 e. The molecular weight excluding hydrogens is 444 g/mol. The first-order chi connectivity index (χ1) is 16.7. The molecule has 3 aromatic carbocycles. The van der Waals surface area contributed by atoms with Crippen LogP contribution >= 0.6 is 0 Å². The van der Waals surface area contributed by atoms with Gasteiger partial charge in [-0.05, 0) is 51.9 Å². The van der Waals surface area contributed by atoms with Gasteiger partial charge in [0.05, 0.1) is 5.56 Å². The second kappa shape index (κ2) is 10.0. The highest BCUT2D eigenvalue weighted by molar-refractivity contribution is 5.92. The number of alkyl carbamates (subject to hydrolysis) is 1. The van der Waals surface area contributed by atoms with Gasteiger partial charge in [0.1, 0.15) is 6.61 Å². The molecule has 0 aliphatic heterocycles. The molecule has 0 bridgehead atoms. The van der Waals surface area contributed by atoms with Crippen LogP contribution in [0, 0.1) is 5.41 Å². The van der Waals surface area contributed by atoms with Gasteiger partial charge in [-0.15, -0.1) is 0 Å². The van der Waals surface area contributed by atoms with Crippen LogP contribution in [0.4, 0.5) is 10.5 Å². The second-order valence-corrected chi connectivity index (χ2v) is 9.45. The van der Waals surface area contributed by atoms with Crippen molar-refractivity contribution in [1.29, 1.82) is 0 Å². The van der Waals surface area contributed by atoms with Gasteiger partial charge in [-0.25, -0.2) is 9.59 Å². The number of aromatic carboxylic acids is 1. The van der Waals surface area contributed by atoms with Gasteiger partial charge in [-0.1, -0.05) is 62.4 Å². The third kappa shape index (κ3) is 5.69. The Labute approximate surface area is 204 Å². The summed E-state index contributed by atoms with van der Waals surface area (Å²) in [7, 11) is 0. The van der Waals surface area contributed by atoms with Crippen LogP contribution in [0.3, 0.4) is 0 Å². The van der Waals surface area contributed by atoms with Gasteiger partial charge in [0.15, 0.2) is 0 Å². The fourth-order valence-corrected chi connectivity index (χ4v) is 4.36. The minimum absolute atomic E-state index is 0.0144. The smallest absolute Gasteiger partial charge is 0.407 e. The Morgan fingerprint density at radius 3 is 2.03 bits per heavy atom. The number of fused-ring (bicyclic) bond motifs is 3. The van der Waals surface area contributed by atoms with E-state index in [1.54, 1.807) is 12.1 Å². The number of nitrogens with one attached hydrogen (secondary N) is 2. The maximum absolute atomic E-state index is 12.5. The Morgan fingerprint density at radius 1 is 0.886 bits per heavy atom. The van der Waals surface area contributed by atoms with Crippen molar-refractivity contribution < 1.29 is 24.2 Å². The fourth-order valence-electron chi connectivity index (χ4n) is 4.36. The highest BCUT2D eigenvalue weighted by Crippen LogP contribution is 2.44. The molecule has 0 fully saturated rings. The van der Waals surface area contributed by atoms with E-state index in [4.69, 9.17) is 9.84 Å². The minimum Gasteiger partial charge on any atom is -0.478 e. The summed E-state index contributed by atoms with van der Waals surface area (Å²) in [6, 6.07) is 22.3. The molecule has 35 heavy (non-hydrogen) atoms. The SMILES string of the molecule is CC(C)(CNC(=O)OCC1c2ccccc2-c2ccccc21)CC(=O)Nc1ccc(C(=O)O)cc1. The van der Waals surface area contributed by atoms with Gasteiger partial charge in [0, 0.05) is 24.6 Å². The highest BCUT2D eigenvalue weighted by Gasteiger charge is 2.29. The molecule has 0 saturated heterocycles. The molecule has 0 unspecified atom stereocenters. The molecule has 7 nitrogen and oxygen atoms in total. The number of carbonyl (C=O) groups is 3. The van der Waals surface area contributed by atoms with Gasteiger partial charge >= 0.3 is 12.1 Å². The van der Waals surface area contributed by atoms with Crippen LogP contribution in [0.1, 0.15) is 47.7 Å². The lowest BCUT2D eigenvalue weighted by Crippen LogP contribution is -2.37. The van der Waals surface area contributed by atoms with Gasteiger partial charge in [0.25, 0.3) is 0 Å². The van der Waals surface area contributed by atoms with Crippen LogP contribution < -0.4 is 10.6 Å². The molecule has 180 valence electrons. The summed E-state index contributed by atoms with van der Waals surface area (Å²) in [6.45, 7) is 4.25. The topological polar surface area (TPSA) is 105 Å². The maximum Gasteiger partial charge on any atom is 0.407 e. The zero-order chi connectivity index (χ0) is 25.0. The molecule has 0 spiro atoms. The molecule has 4 rings (SSSR count). The Hall–Kier alpha value is -4.13. The number of benzene rings is 3. The maximum atomic E-state index is 12.5. The molecule has 3 aromatic rings. The molecule has 0 saturated carbocycles. The van der Waals surface area contributed by atoms with E-state index in [0.717, 1.165) is 11.1 Å². The summed E-state index contributed by atoms with van der Waals surface area (Å²) in [5, 5.41) is 14.5. The number of rotatable bonds is 8. The molecule has 0 aromatic heterocycles. The summed E-state index contributed by atoms with van der Waals surface area (Å²) < 4.78 is 5.57. The number of ether oxygens (including phenoxy) is 1. The van der Waals surface area contributed by atoms with Crippen LogP contribution in [0.25, 0.3) is 11.1 Å². The van der Waals surface area contributed by atoms with Crippen molar-refractivity contribution in [3.63, 3.8) is 0 Å². The summed E-state index contributed by atoms with van der Waals surface area (Å²) in [6.07, 6.45) is -0.359. The van der Waals surface area contributed by atoms with E-state index in [-0.39, 0.29) is 37.0 Å². The summed E-state index contributed by atoms with van der Waals surface area (Å²) in [4.78, 5) is 35.9. The number of carboxylic acids is 1. The van der Waals surface area contributed by atoms with E-state index in [9.17, 15) is 14.4 Å². The van der Waals surface area contributed by atoms with Gasteiger partial charge in [-0.2, -0.15) is 0 Å². The standard InChI is InChI=1S/C28H28N2O5/c1-28(2,15-25(31)30-19-13-11-18(12-14-19)26(32)33)17-29-27(34)35-16-24-22-9-5-3-7-20(22)21-8-4-6-10-23(21)24/h3-14,24H,15-17H2,1-2H3,(H,29,34)(H,30,31)(H,32,33). The number of carbonyl (C=O) groups excluding carboxylic acids is 2. The molecule has 0 atom stereocenters. The molecule has 0 heterocycles. The van der Waals surface area contributed by atoms with Crippen LogP contribution in [-0.4, -0.2) is 36.2 Å². The van der Waals surface area contributed by atoms with Gasteiger partial charge in [0.2, 0.25) is 5.91 Å². The molecule has 7 heteroatoms. The minimum atomic E-state index is -1.02. The first-order valence-electron chi connectivity index (χ1n) is 11.5. The zero-order valence-electron chi connectivity index (χ0n) is 19.7. The van der Waals surface area contributed by atoms with Crippen molar-refractivity contribution in [1.82, 2.24) is 5.32 Å². The Kier molecular flexibility index (Phi) is 6.87. The first kappa shape index (κ1) is 24.0. The first-order valence-corrected chi connectivity index (χ1v) is 11.5. The fraction of sp³-hybridized carbons (Fsp3) is 0.250. The number of anilines is 1. The van der Waals surface area contributed by atoms with Crippen molar-refractivity contribution in [2.24, 2.45) is 5.41 Å². The quantitative estimate of drug-likeness (QED) is 0.414. The third-order valence-electron chi connectivity index (χ3n) is 6.11. The van der Waals surface area contributed by atoms with Crippen molar-refractivity contribution in [2.75, 3.05) is 18.5 Å². The van der Waals surface area contributed by atoms with Crippen LogP contribution in [0.5, 0.6) is 0 Å². The zero-order valence-corrected chi connectivity index (χ0v) is 19.7. The summed E-state index contributed by atoms with van der Waals surface area (Å²) in [5.74, 6) is -1.27. The normalized spacial score (nSPS) is 12.4. The van der Waals surface area contributed by atoms with E-state index in [1.807, 2.05) is 38.1 Å². The number of carboxylic acid groups (broad SMARTS) is 1. The monoisotopic (exact) mass is 472 g/mol.